The van der Waals surface area contributed by atoms with Crippen molar-refractivity contribution in [2.45, 2.75) is 23.6 Å². The molecule has 0 aromatic heterocycles. The van der Waals surface area contributed by atoms with Gasteiger partial charge in [-0.3, -0.25) is 9.87 Å². The molecule has 5 N–H and O–H groups in total. The fourth-order valence-corrected chi connectivity index (χ4v) is 4.57. The highest BCUT2D eigenvalue weighted by atomic mass is 32.3. The van der Waals surface area contributed by atoms with Crippen molar-refractivity contribution in [2.24, 2.45) is 0 Å². The first kappa shape index (κ1) is 23.1. The van der Waals surface area contributed by atoms with Crippen LogP contribution in [0.3, 0.4) is 0 Å². The fourth-order valence-electron chi connectivity index (χ4n) is 3.48. The molecule has 9 heteroatoms. The van der Waals surface area contributed by atoms with Crippen molar-refractivity contribution in [2.75, 3.05) is 23.7 Å². The highest BCUT2D eigenvalue weighted by Gasteiger charge is 2.23. The largest absolute Gasteiger partial charge is 0.726 e. The number of nitrogen functional groups attached to an aromatic ring is 1. The number of hydrogen-bond donors (Lipinski definition) is 3. The molecule has 4 rings (SSSR count). The summed E-state index contributed by atoms with van der Waals surface area (Å²) in [6.45, 7) is 6.44. The average molecular weight is 460 g/mol. The Balaban J connectivity index is 0.000000491. The van der Waals surface area contributed by atoms with Gasteiger partial charge >= 0.3 is 0 Å². The maximum atomic E-state index is 8.63. The number of rotatable bonds is 4. The second kappa shape index (κ2) is 9.71. The van der Waals surface area contributed by atoms with E-state index < -0.39 is 10.4 Å². The van der Waals surface area contributed by atoms with E-state index in [0.29, 0.717) is 0 Å². The topological polar surface area (TPSA) is 123 Å². The molecule has 0 saturated carbocycles. The molecule has 7 nitrogen and oxygen atoms in total. The molecule has 0 amide bonds. The van der Waals surface area contributed by atoms with E-state index in [1.165, 1.54) is 26.9 Å². The van der Waals surface area contributed by atoms with Gasteiger partial charge in [0.15, 0.2) is 0 Å². The van der Waals surface area contributed by atoms with E-state index in [1.54, 1.807) is 0 Å². The molecule has 1 heterocycles. The van der Waals surface area contributed by atoms with Crippen LogP contribution in [0, 0.1) is 0 Å². The van der Waals surface area contributed by atoms with Crippen LogP contribution >= 0.6 is 11.8 Å². The van der Waals surface area contributed by atoms with Gasteiger partial charge in [0.2, 0.25) is 10.4 Å². The molecule has 3 aromatic rings. The molecule has 1 aliphatic rings. The first-order valence-electron chi connectivity index (χ1n) is 9.78. The Hall–Kier alpha value is -2.56. The summed E-state index contributed by atoms with van der Waals surface area (Å²) < 4.78 is 32.8. The molecule has 3 aromatic carbocycles. The lowest BCUT2D eigenvalue weighted by Gasteiger charge is -2.24. The second-order valence-electron chi connectivity index (χ2n) is 6.91. The zero-order valence-corrected chi connectivity index (χ0v) is 18.9. The summed E-state index contributed by atoms with van der Waals surface area (Å²) in [5.74, 6) is 0. The van der Waals surface area contributed by atoms with Gasteiger partial charge in [0.1, 0.15) is 11.4 Å². The molecule has 1 aliphatic heterocycles. The van der Waals surface area contributed by atoms with Gasteiger partial charge in [0.05, 0.1) is 9.79 Å². The normalized spacial score (nSPS) is 12.3. The van der Waals surface area contributed by atoms with E-state index in [0.717, 1.165) is 29.9 Å². The second-order valence-corrected chi connectivity index (χ2v) is 8.85. The van der Waals surface area contributed by atoms with E-state index in [-0.39, 0.29) is 0 Å². The predicted molar refractivity (Wildman–Crippen MR) is 124 cm³/mol. The quantitative estimate of drug-likeness (QED) is 0.241. The fraction of sp³-hybridized carbons (Fsp3) is 0.182. The van der Waals surface area contributed by atoms with Gasteiger partial charge in [-0.15, -0.1) is 0 Å². The van der Waals surface area contributed by atoms with E-state index in [2.05, 4.69) is 78.7 Å². The van der Waals surface area contributed by atoms with Crippen LogP contribution in [0.25, 0.3) is 11.1 Å². The summed E-state index contributed by atoms with van der Waals surface area (Å²) in [5.41, 5.74) is 13.3. The highest BCUT2D eigenvalue weighted by molar-refractivity contribution is 7.99. The van der Waals surface area contributed by atoms with Crippen molar-refractivity contribution >= 4 is 44.9 Å². The van der Waals surface area contributed by atoms with Gasteiger partial charge in [-0.25, -0.2) is 8.42 Å². The summed E-state index contributed by atoms with van der Waals surface area (Å²) >= 11 is 1.82. The summed E-state index contributed by atoms with van der Waals surface area (Å²) in [5, 5.41) is 2.28. The smallest absolute Gasteiger partial charge is 0.215 e. The number of benzene rings is 3. The Morgan fingerprint density at radius 2 is 1.61 bits per heavy atom. The van der Waals surface area contributed by atoms with Crippen molar-refractivity contribution in [3.63, 3.8) is 0 Å². The molecule has 0 aliphatic carbocycles. The molecule has 0 fully saturated rings. The number of hydrogen-bond acceptors (Lipinski definition) is 6. The maximum Gasteiger partial charge on any atom is 0.215 e. The summed E-state index contributed by atoms with van der Waals surface area (Å²) in [6.07, 6.45) is 0. The Bertz CT molecular complexity index is 1160. The summed E-state index contributed by atoms with van der Waals surface area (Å²) in [7, 11) is -4.92. The van der Waals surface area contributed by atoms with Gasteiger partial charge in [-0.2, -0.15) is 0 Å². The highest BCUT2D eigenvalue weighted by Crippen LogP contribution is 2.43. The van der Waals surface area contributed by atoms with Crippen molar-refractivity contribution in [3.05, 3.63) is 60.7 Å². The predicted octanol–water partition coefficient (Wildman–Crippen LogP) is 3.78. The van der Waals surface area contributed by atoms with Gasteiger partial charge in [-0.05, 0) is 37.6 Å². The van der Waals surface area contributed by atoms with E-state index in [9.17, 15) is 0 Å². The Morgan fingerprint density at radius 3 is 2.23 bits per heavy atom. The molecule has 0 unspecified atom stereocenters. The van der Waals surface area contributed by atoms with Crippen LogP contribution in [-0.4, -0.2) is 30.6 Å². The zero-order chi connectivity index (χ0) is 22.6. The maximum absolute atomic E-state index is 8.63. The Labute approximate surface area is 186 Å². The summed E-state index contributed by atoms with van der Waals surface area (Å²) in [4.78, 5) is 4.91. The standard InChI is InChI=1S/C22H23N3S.H2O4S/c1-3-25(4-2)16-10-11-19-21(12-16)26-22-14-18(23)17(13-20(22)24-19)15-8-6-5-7-9-15;1-5(2,3)4/h5-14,24H,3-4,23H2,1-2H3;(H2,1,2,3,4). The third-order valence-electron chi connectivity index (χ3n) is 4.92. The van der Waals surface area contributed by atoms with E-state index >= 15 is 0 Å². The minimum atomic E-state index is -4.92. The molecule has 0 saturated heterocycles. The lowest BCUT2D eigenvalue weighted by Crippen LogP contribution is -2.72. The number of quaternary nitrogens is 1. The number of nitrogens with zero attached hydrogens (tertiary/aromatic N) is 1. The van der Waals surface area contributed by atoms with E-state index in [4.69, 9.17) is 23.3 Å². The Morgan fingerprint density at radius 1 is 1.00 bits per heavy atom. The SMILES string of the molecule is CCN(CC)c1ccc2c(c1)Sc1cc(N)c(-c3ccccc3)cc1[NH2+]2.O=S(=O)([O-])O. The molecule has 164 valence electrons. The number of fused-ring (bicyclic) bond motifs is 2. The van der Waals surface area contributed by atoms with Gasteiger partial charge < -0.3 is 15.2 Å². The molecule has 31 heavy (non-hydrogen) atoms. The lowest BCUT2D eigenvalue weighted by molar-refractivity contribution is -0.485. The van der Waals surface area contributed by atoms with Gasteiger partial charge in [0.25, 0.3) is 0 Å². The van der Waals surface area contributed by atoms with Crippen molar-refractivity contribution < 1.29 is 22.8 Å². The zero-order valence-electron chi connectivity index (χ0n) is 17.3. The minimum Gasteiger partial charge on any atom is -0.726 e. The lowest BCUT2D eigenvalue weighted by atomic mass is 10.0. The molecule has 0 atom stereocenters. The Kier molecular flexibility index (Phi) is 7.24. The van der Waals surface area contributed by atoms with Crippen LogP contribution in [0.15, 0.2) is 70.5 Å². The molecule has 0 radical (unpaired) electrons. The van der Waals surface area contributed by atoms with Crippen LogP contribution in [0.1, 0.15) is 13.8 Å². The van der Waals surface area contributed by atoms with Crippen LogP contribution in [0.5, 0.6) is 0 Å². The third kappa shape index (κ3) is 5.99. The van der Waals surface area contributed by atoms with Crippen molar-refractivity contribution in [1.29, 1.82) is 0 Å². The first-order chi connectivity index (χ1) is 14.7. The monoisotopic (exact) mass is 459 g/mol. The van der Waals surface area contributed by atoms with Crippen molar-refractivity contribution in [3.8, 4) is 11.1 Å². The van der Waals surface area contributed by atoms with Crippen LogP contribution in [0.2, 0.25) is 0 Å². The van der Waals surface area contributed by atoms with Crippen LogP contribution < -0.4 is 16.0 Å². The van der Waals surface area contributed by atoms with Gasteiger partial charge in [0, 0.05) is 42.2 Å². The third-order valence-corrected chi connectivity index (χ3v) is 6.07. The number of nitrogens with two attached hydrogens (primary N) is 2. The number of anilines is 2. The van der Waals surface area contributed by atoms with Gasteiger partial charge in [-0.1, -0.05) is 42.1 Å². The minimum absolute atomic E-state index is 0.833. The van der Waals surface area contributed by atoms with Crippen LogP contribution in [-0.2, 0) is 10.4 Å². The van der Waals surface area contributed by atoms with Crippen LogP contribution in [0.4, 0.5) is 22.7 Å². The summed E-state index contributed by atoms with van der Waals surface area (Å²) in [6, 6.07) is 21.4. The first-order valence-corrected chi connectivity index (χ1v) is 12.0. The molecular formula is C22H25N3O4S2. The molecular weight excluding hydrogens is 434 g/mol. The van der Waals surface area contributed by atoms with E-state index in [1.807, 2.05) is 17.8 Å². The molecule has 0 spiro atoms. The van der Waals surface area contributed by atoms with Crippen molar-refractivity contribution in [1.82, 2.24) is 0 Å². The molecule has 0 bridgehead atoms. The average Bonchev–Trinajstić information content (AvgIpc) is 2.72.